The molecule has 0 aliphatic carbocycles. The van der Waals surface area contributed by atoms with Gasteiger partial charge in [0.15, 0.2) is 11.6 Å². The number of nitrogens with zero attached hydrogens (tertiary/aromatic N) is 2. The number of nitro benzene ring substituents is 1. The average Bonchev–Trinajstić information content (AvgIpc) is 2.28. The maximum Gasteiger partial charge on any atom is 0.275 e. The van der Waals surface area contributed by atoms with Crippen molar-refractivity contribution in [1.82, 2.24) is 0 Å². The predicted octanol–water partition coefficient (Wildman–Crippen LogP) is 2.72. The Morgan fingerprint density at radius 3 is 2.88 bits per heavy atom. The van der Waals surface area contributed by atoms with Gasteiger partial charge in [-0.2, -0.15) is 5.26 Å². The maximum atomic E-state index is 13.4. The molecule has 0 aliphatic heterocycles. The summed E-state index contributed by atoms with van der Waals surface area (Å²) in [5.74, 6) is -0.787. The number of hydrogen-bond donors (Lipinski definition) is 0. The van der Waals surface area contributed by atoms with Gasteiger partial charge in [-0.15, -0.1) is 0 Å². The minimum atomic E-state index is -0.765. The monoisotopic (exact) mass is 238 g/mol. The molecule has 0 unspecified atom stereocenters. The first-order valence-corrected chi connectivity index (χ1v) is 5.00. The molecular weight excluding hydrogens is 227 g/mol. The molecule has 0 aromatic heterocycles. The second kappa shape index (κ2) is 5.80. The van der Waals surface area contributed by atoms with Crippen LogP contribution in [0.2, 0.25) is 0 Å². The minimum Gasteiger partial charge on any atom is -0.490 e. The van der Waals surface area contributed by atoms with Crippen LogP contribution in [0.3, 0.4) is 0 Å². The van der Waals surface area contributed by atoms with E-state index in [0.29, 0.717) is 18.4 Å². The van der Waals surface area contributed by atoms with Crippen LogP contribution in [0.5, 0.6) is 5.75 Å². The van der Waals surface area contributed by atoms with Gasteiger partial charge in [-0.1, -0.05) is 0 Å². The van der Waals surface area contributed by atoms with Gasteiger partial charge in [0.25, 0.3) is 5.69 Å². The van der Waals surface area contributed by atoms with Crippen molar-refractivity contribution in [2.24, 2.45) is 0 Å². The number of nitro groups is 1. The molecule has 0 bridgehead atoms. The van der Waals surface area contributed by atoms with Gasteiger partial charge < -0.3 is 4.74 Å². The zero-order chi connectivity index (χ0) is 12.8. The molecular formula is C11H11FN2O3. The summed E-state index contributed by atoms with van der Waals surface area (Å²) in [4.78, 5) is 9.91. The Morgan fingerprint density at radius 1 is 1.59 bits per heavy atom. The Labute approximate surface area is 97.6 Å². The Kier molecular flexibility index (Phi) is 4.40. The number of aryl methyl sites for hydroxylation is 1. The van der Waals surface area contributed by atoms with Crippen molar-refractivity contribution >= 4 is 5.69 Å². The predicted molar refractivity (Wildman–Crippen MR) is 58.1 cm³/mol. The highest BCUT2D eigenvalue weighted by Gasteiger charge is 2.16. The van der Waals surface area contributed by atoms with Crippen LogP contribution in [-0.4, -0.2) is 11.5 Å². The molecule has 0 fully saturated rings. The van der Waals surface area contributed by atoms with Crippen LogP contribution in [0, 0.1) is 34.2 Å². The smallest absolute Gasteiger partial charge is 0.275 e. The normalized spacial score (nSPS) is 9.71. The standard InChI is InChI=1S/C11H11FN2O3/c1-8-6-11(17-5-3-2-4-13)9(12)7-10(8)14(15)16/h6-7H,2-3,5H2,1H3. The number of rotatable bonds is 5. The molecule has 0 radical (unpaired) electrons. The average molecular weight is 238 g/mol. The highest BCUT2D eigenvalue weighted by atomic mass is 19.1. The summed E-state index contributed by atoms with van der Waals surface area (Å²) in [6, 6.07) is 4.07. The van der Waals surface area contributed by atoms with Gasteiger partial charge in [-0.3, -0.25) is 10.1 Å². The van der Waals surface area contributed by atoms with E-state index in [4.69, 9.17) is 10.00 Å². The molecule has 0 aliphatic rings. The largest absolute Gasteiger partial charge is 0.490 e. The minimum absolute atomic E-state index is 0.0222. The summed E-state index contributed by atoms with van der Waals surface area (Å²) in [6.07, 6.45) is 0.819. The van der Waals surface area contributed by atoms with E-state index in [2.05, 4.69) is 0 Å². The molecule has 90 valence electrons. The fraction of sp³-hybridized carbons (Fsp3) is 0.364. The number of unbranched alkanes of at least 4 members (excludes halogenated alkanes) is 1. The zero-order valence-corrected chi connectivity index (χ0v) is 9.27. The summed E-state index contributed by atoms with van der Waals surface area (Å²) in [7, 11) is 0. The van der Waals surface area contributed by atoms with Crippen molar-refractivity contribution in [2.75, 3.05) is 6.61 Å². The van der Waals surface area contributed by atoms with Gasteiger partial charge in [0, 0.05) is 12.0 Å². The lowest BCUT2D eigenvalue weighted by Gasteiger charge is -2.07. The van der Waals surface area contributed by atoms with E-state index in [1.165, 1.54) is 13.0 Å². The van der Waals surface area contributed by atoms with Crippen molar-refractivity contribution in [3.05, 3.63) is 33.6 Å². The van der Waals surface area contributed by atoms with Crippen LogP contribution in [0.1, 0.15) is 18.4 Å². The van der Waals surface area contributed by atoms with Gasteiger partial charge in [0.1, 0.15) is 0 Å². The molecule has 1 rings (SSSR count). The van der Waals surface area contributed by atoms with E-state index in [-0.39, 0.29) is 18.0 Å². The molecule has 0 saturated heterocycles. The molecule has 0 atom stereocenters. The quantitative estimate of drug-likeness (QED) is 0.449. The van der Waals surface area contributed by atoms with Gasteiger partial charge in [-0.25, -0.2) is 4.39 Å². The molecule has 1 aromatic carbocycles. The lowest BCUT2D eigenvalue weighted by atomic mass is 10.2. The SMILES string of the molecule is Cc1cc(OCCCC#N)c(F)cc1[N+](=O)[O-]. The molecule has 0 amide bonds. The van der Waals surface area contributed by atoms with Crippen molar-refractivity contribution in [3.63, 3.8) is 0 Å². The Bertz CT molecular complexity index is 469. The van der Waals surface area contributed by atoms with Crippen LogP contribution in [-0.2, 0) is 0 Å². The number of nitriles is 1. The van der Waals surface area contributed by atoms with Crippen LogP contribution >= 0.6 is 0 Å². The zero-order valence-electron chi connectivity index (χ0n) is 9.27. The van der Waals surface area contributed by atoms with Gasteiger partial charge in [-0.05, 0) is 19.4 Å². The van der Waals surface area contributed by atoms with Crippen LogP contribution in [0.4, 0.5) is 10.1 Å². The number of ether oxygens (including phenoxy) is 1. The molecule has 6 heteroatoms. The molecule has 5 nitrogen and oxygen atoms in total. The fourth-order valence-electron chi connectivity index (χ4n) is 1.29. The third-order valence-corrected chi connectivity index (χ3v) is 2.14. The van der Waals surface area contributed by atoms with E-state index in [1.54, 1.807) is 0 Å². The molecule has 0 spiro atoms. The topological polar surface area (TPSA) is 76.2 Å². The van der Waals surface area contributed by atoms with E-state index < -0.39 is 10.7 Å². The van der Waals surface area contributed by atoms with Crippen LogP contribution < -0.4 is 4.74 Å². The fourth-order valence-corrected chi connectivity index (χ4v) is 1.29. The van der Waals surface area contributed by atoms with Crippen molar-refractivity contribution in [3.8, 4) is 11.8 Å². The third-order valence-electron chi connectivity index (χ3n) is 2.14. The summed E-state index contributed by atoms with van der Waals surface area (Å²) >= 11 is 0. The number of benzene rings is 1. The summed E-state index contributed by atoms with van der Waals surface area (Å²) < 4.78 is 18.5. The van der Waals surface area contributed by atoms with Gasteiger partial charge in [0.2, 0.25) is 0 Å². The molecule has 0 N–H and O–H groups in total. The summed E-state index contributed by atoms with van der Waals surface area (Å²) in [6.45, 7) is 1.72. The summed E-state index contributed by atoms with van der Waals surface area (Å²) in [5, 5.41) is 18.9. The molecule has 17 heavy (non-hydrogen) atoms. The van der Waals surface area contributed by atoms with Gasteiger partial charge in [0.05, 0.1) is 23.7 Å². The van der Waals surface area contributed by atoms with E-state index in [0.717, 1.165) is 6.07 Å². The summed E-state index contributed by atoms with van der Waals surface area (Å²) in [5.41, 5.74) is 0.0681. The van der Waals surface area contributed by atoms with Gasteiger partial charge >= 0.3 is 0 Å². The Hall–Kier alpha value is -2.16. The second-order valence-corrected chi connectivity index (χ2v) is 3.44. The molecule has 0 heterocycles. The first-order valence-electron chi connectivity index (χ1n) is 5.00. The third kappa shape index (κ3) is 3.41. The first-order chi connectivity index (χ1) is 8.06. The van der Waals surface area contributed by atoms with E-state index >= 15 is 0 Å². The molecule has 0 saturated carbocycles. The number of hydrogen-bond acceptors (Lipinski definition) is 4. The van der Waals surface area contributed by atoms with Crippen LogP contribution in [0.25, 0.3) is 0 Å². The van der Waals surface area contributed by atoms with Crippen LogP contribution in [0.15, 0.2) is 12.1 Å². The lowest BCUT2D eigenvalue weighted by Crippen LogP contribution is -2.01. The Morgan fingerprint density at radius 2 is 2.29 bits per heavy atom. The Balaban J connectivity index is 2.78. The lowest BCUT2D eigenvalue weighted by molar-refractivity contribution is -0.385. The number of halogens is 1. The first kappa shape index (κ1) is 12.9. The van der Waals surface area contributed by atoms with E-state index in [1.807, 2.05) is 6.07 Å². The highest BCUT2D eigenvalue weighted by Crippen LogP contribution is 2.27. The van der Waals surface area contributed by atoms with Crippen molar-refractivity contribution in [2.45, 2.75) is 19.8 Å². The van der Waals surface area contributed by atoms with Crippen molar-refractivity contribution < 1.29 is 14.1 Å². The van der Waals surface area contributed by atoms with E-state index in [9.17, 15) is 14.5 Å². The maximum absolute atomic E-state index is 13.4. The van der Waals surface area contributed by atoms with Crippen molar-refractivity contribution in [1.29, 1.82) is 5.26 Å². The molecule has 1 aromatic rings. The highest BCUT2D eigenvalue weighted by molar-refractivity contribution is 5.45. The second-order valence-electron chi connectivity index (χ2n) is 3.44.